The van der Waals surface area contributed by atoms with Gasteiger partial charge in [0.2, 0.25) is 17.7 Å². The Morgan fingerprint density at radius 1 is 0.759 bits per heavy atom. The number of hydrogen-bond donors (Lipinski definition) is 2. The van der Waals surface area contributed by atoms with Gasteiger partial charge in [0.15, 0.2) is 0 Å². The van der Waals surface area contributed by atoms with Crippen molar-refractivity contribution < 1.29 is 28.7 Å². The van der Waals surface area contributed by atoms with E-state index in [1.165, 1.54) is 4.90 Å². The van der Waals surface area contributed by atoms with Gasteiger partial charge in [-0.3, -0.25) is 19.2 Å². The summed E-state index contributed by atoms with van der Waals surface area (Å²) in [7, 11) is 1.64. The quantitative estimate of drug-likeness (QED) is 0.278. The Morgan fingerprint density at radius 2 is 1.41 bits per heavy atom. The maximum absolute atomic E-state index is 14.3. The molecule has 3 atom stereocenters. The number of carbonyl (C=O) groups excluding carboxylic acids is 4. The van der Waals surface area contributed by atoms with Gasteiger partial charge >= 0.3 is 0 Å². The molecule has 54 heavy (non-hydrogen) atoms. The molecule has 10 nitrogen and oxygen atoms in total. The normalized spacial score (nSPS) is 20.4. The summed E-state index contributed by atoms with van der Waals surface area (Å²) in [5.74, 6) is -0.0821. The summed E-state index contributed by atoms with van der Waals surface area (Å²) in [6.07, 6.45) is 2.41. The summed E-state index contributed by atoms with van der Waals surface area (Å²) >= 11 is 0. The van der Waals surface area contributed by atoms with Crippen molar-refractivity contribution in [3.05, 3.63) is 131 Å². The molecular formula is C44H50N4O6. The van der Waals surface area contributed by atoms with Crippen LogP contribution in [0.2, 0.25) is 0 Å². The number of hydrogen-bond acceptors (Lipinski definition) is 6. The smallest absolute Gasteiger partial charge is 0.255 e. The Kier molecular flexibility index (Phi) is 12.6. The van der Waals surface area contributed by atoms with Crippen LogP contribution in [0.1, 0.15) is 65.7 Å². The molecule has 0 saturated carbocycles. The molecule has 10 heteroatoms. The lowest BCUT2D eigenvalue weighted by Gasteiger charge is -2.34. The zero-order valence-electron chi connectivity index (χ0n) is 31.3. The highest BCUT2D eigenvalue weighted by Gasteiger charge is 2.41. The van der Waals surface area contributed by atoms with E-state index in [9.17, 15) is 19.2 Å². The maximum atomic E-state index is 14.3. The zero-order chi connectivity index (χ0) is 38.0. The second-order valence-electron chi connectivity index (χ2n) is 14.6. The monoisotopic (exact) mass is 730 g/mol. The van der Waals surface area contributed by atoms with E-state index in [-0.39, 0.29) is 30.2 Å². The third kappa shape index (κ3) is 9.66. The third-order valence-electron chi connectivity index (χ3n) is 10.1. The van der Waals surface area contributed by atoms with Crippen molar-refractivity contribution in [2.24, 2.45) is 5.92 Å². The van der Waals surface area contributed by atoms with Crippen molar-refractivity contribution in [2.45, 2.75) is 77.3 Å². The Hall–Kier alpha value is -5.64. The van der Waals surface area contributed by atoms with Crippen LogP contribution in [0.5, 0.6) is 11.5 Å². The van der Waals surface area contributed by atoms with Gasteiger partial charge in [-0.25, -0.2) is 0 Å². The number of carbonyl (C=O) groups is 4. The minimum atomic E-state index is -0.862. The lowest BCUT2D eigenvalue weighted by Crippen LogP contribution is -2.57. The van der Waals surface area contributed by atoms with Crippen LogP contribution in [-0.2, 0) is 40.4 Å². The van der Waals surface area contributed by atoms with Gasteiger partial charge in [-0.1, -0.05) is 92.7 Å². The lowest BCUT2D eigenvalue weighted by atomic mass is 10.0. The van der Waals surface area contributed by atoms with Crippen LogP contribution in [0.15, 0.2) is 103 Å². The van der Waals surface area contributed by atoms with Gasteiger partial charge in [0, 0.05) is 26.6 Å². The molecule has 0 spiro atoms. The van der Waals surface area contributed by atoms with Crippen molar-refractivity contribution in [3.8, 4) is 11.5 Å². The SMILES string of the molecule is CC(C)C[C@H]1NC(=O)c2ccccc2OCc2ccc(cc2)COc2ccc(cc2)CCNC(=O)[C@H](Cc2ccccc2)N(C)C(=O)[C@H]2CCCN2C1=O. The molecule has 0 unspecified atom stereocenters. The van der Waals surface area contributed by atoms with Crippen molar-refractivity contribution in [1.29, 1.82) is 0 Å². The maximum Gasteiger partial charge on any atom is 0.255 e. The molecule has 4 aromatic carbocycles. The van der Waals surface area contributed by atoms with E-state index in [2.05, 4.69) is 10.6 Å². The van der Waals surface area contributed by atoms with E-state index in [0.717, 1.165) is 28.0 Å². The molecule has 4 amide bonds. The number of nitrogens with one attached hydrogen (secondary N) is 2. The minimum Gasteiger partial charge on any atom is -0.489 e. The number of ether oxygens (including phenoxy) is 2. The van der Waals surface area contributed by atoms with Crippen molar-refractivity contribution >= 4 is 23.6 Å². The van der Waals surface area contributed by atoms with E-state index in [0.29, 0.717) is 63.1 Å². The van der Waals surface area contributed by atoms with Crippen molar-refractivity contribution in [3.63, 3.8) is 0 Å². The topological polar surface area (TPSA) is 117 Å². The average Bonchev–Trinajstić information content (AvgIpc) is 3.68. The molecule has 4 bridgehead atoms. The number of likely N-dealkylation sites (N-methyl/N-ethyl adjacent to an activating group) is 1. The van der Waals surface area contributed by atoms with Crippen LogP contribution in [0.25, 0.3) is 0 Å². The number of nitrogens with zero attached hydrogens (tertiary/aromatic N) is 2. The Labute approximate surface area is 317 Å². The summed E-state index contributed by atoms with van der Waals surface area (Å²) in [5, 5.41) is 6.05. The molecule has 8 rings (SSSR count). The number of para-hydroxylation sites is 1. The van der Waals surface area contributed by atoms with Crippen LogP contribution < -0.4 is 20.1 Å². The van der Waals surface area contributed by atoms with Gasteiger partial charge in [-0.2, -0.15) is 0 Å². The first kappa shape index (κ1) is 38.1. The average molecular weight is 731 g/mol. The summed E-state index contributed by atoms with van der Waals surface area (Å²) in [4.78, 5) is 59.5. The van der Waals surface area contributed by atoms with Gasteiger partial charge in [0.25, 0.3) is 5.91 Å². The summed E-state index contributed by atoms with van der Waals surface area (Å²) in [6, 6.07) is 29.9. The fraction of sp³-hybridized carbons (Fsp3) is 0.364. The highest BCUT2D eigenvalue weighted by atomic mass is 16.5. The summed E-state index contributed by atoms with van der Waals surface area (Å²) in [5.41, 5.74) is 4.20. The highest BCUT2D eigenvalue weighted by molar-refractivity contribution is 6.00. The molecule has 282 valence electrons. The Morgan fingerprint density at radius 3 is 2.11 bits per heavy atom. The highest BCUT2D eigenvalue weighted by Crippen LogP contribution is 2.25. The minimum absolute atomic E-state index is 0.0833. The van der Waals surface area contributed by atoms with E-state index >= 15 is 0 Å². The largest absolute Gasteiger partial charge is 0.489 e. The number of benzene rings is 4. The molecule has 2 N–H and O–H groups in total. The van der Waals surface area contributed by atoms with E-state index < -0.39 is 24.0 Å². The van der Waals surface area contributed by atoms with Crippen LogP contribution in [-0.4, -0.2) is 71.7 Å². The molecule has 4 heterocycles. The predicted molar refractivity (Wildman–Crippen MR) is 207 cm³/mol. The standard InChI is InChI=1S/C44H50N4O6/c1-30(2)26-37-43(51)48-25-9-13-38(48)44(52)47(3)39(27-32-10-5-4-6-11-32)42(50)45-24-23-31-19-21-35(22-20-31)53-28-33-15-17-34(18-16-33)29-54-40-14-8-7-12-36(40)41(49)46-37/h4-8,10-12,14-22,30,37-39H,9,13,23-29H2,1-3H3,(H,45,50)(H,46,49)/t37-,38-,39+/m1/s1. The molecule has 0 aliphatic carbocycles. The van der Waals surface area contributed by atoms with Gasteiger partial charge in [0.1, 0.15) is 42.8 Å². The van der Waals surface area contributed by atoms with Gasteiger partial charge in [-0.05, 0) is 78.1 Å². The molecule has 4 aliphatic heterocycles. The van der Waals surface area contributed by atoms with Crippen LogP contribution in [0.3, 0.4) is 0 Å². The predicted octanol–water partition coefficient (Wildman–Crippen LogP) is 5.72. The zero-order valence-corrected chi connectivity index (χ0v) is 31.3. The van der Waals surface area contributed by atoms with Crippen molar-refractivity contribution in [2.75, 3.05) is 20.1 Å². The van der Waals surface area contributed by atoms with Gasteiger partial charge in [-0.15, -0.1) is 0 Å². The van der Waals surface area contributed by atoms with E-state index in [1.807, 2.05) is 92.7 Å². The van der Waals surface area contributed by atoms with Crippen LogP contribution in [0.4, 0.5) is 0 Å². The first-order chi connectivity index (χ1) is 26.2. The molecule has 1 saturated heterocycles. The van der Waals surface area contributed by atoms with E-state index in [4.69, 9.17) is 9.47 Å². The number of amides is 4. The lowest BCUT2D eigenvalue weighted by molar-refractivity contribution is -0.147. The van der Waals surface area contributed by atoms with Crippen molar-refractivity contribution in [1.82, 2.24) is 20.4 Å². The summed E-state index contributed by atoms with van der Waals surface area (Å²) < 4.78 is 12.2. The fourth-order valence-corrected chi connectivity index (χ4v) is 7.09. The van der Waals surface area contributed by atoms with Crippen LogP contribution >= 0.6 is 0 Å². The van der Waals surface area contributed by atoms with Gasteiger partial charge in [0.05, 0.1) is 5.56 Å². The molecule has 0 aromatic heterocycles. The third-order valence-corrected chi connectivity index (χ3v) is 10.1. The molecule has 4 aromatic rings. The second kappa shape index (κ2) is 17.9. The first-order valence-electron chi connectivity index (χ1n) is 18.9. The number of fused-ring (bicyclic) bond motifs is 2. The Balaban J connectivity index is 1.29. The van der Waals surface area contributed by atoms with E-state index in [1.54, 1.807) is 36.2 Å². The molecule has 4 aliphatic rings. The van der Waals surface area contributed by atoms with Gasteiger partial charge < -0.3 is 29.9 Å². The van der Waals surface area contributed by atoms with Crippen LogP contribution in [0, 0.1) is 5.92 Å². The molecule has 0 radical (unpaired) electrons. The second-order valence-corrected chi connectivity index (χ2v) is 14.6. The fourth-order valence-electron chi connectivity index (χ4n) is 7.09. The molecule has 1 fully saturated rings. The first-order valence-corrected chi connectivity index (χ1v) is 18.9. The molecular weight excluding hydrogens is 681 g/mol. The summed E-state index contributed by atoms with van der Waals surface area (Å²) in [6.45, 7) is 5.39. The number of rotatable bonds is 4. The Bertz CT molecular complexity index is 1900.